The lowest BCUT2D eigenvalue weighted by atomic mass is 9.93. The summed E-state index contributed by atoms with van der Waals surface area (Å²) in [6.45, 7) is 9.05. The van der Waals surface area contributed by atoms with E-state index < -0.39 is 0 Å². The summed E-state index contributed by atoms with van der Waals surface area (Å²) in [6, 6.07) is 2.43. The zero-order valence-corrected chi connectivity index (χ0v) is 12.4. The molecule has 1 aromatic carbocycles. The van der Waals surface area contributed by atoms with E-state index >= 15 is 0 Å². The highest BCUT2D eigenvalue weighted by Gasteiger charge is 2.11. The predicted octanol–water partition coefficient (Wildman–Crippen LogP) is 4.54. The quantitative estimate of drug-likeness (QED) is 0.715. The van der Waals surface area contributed by atoms with E-state index in [1.807, 2.05) is 0 Å². The molecule has 0 bridgehead atoms. The maximum atomic E-state index is 2.54. The predicted molar refractivity (Wildman–Crippen MR) is 76.7 cm³/mol. The van der Waals surface area contributed by atoms with Crippen LogP contribution in [-0.4, -0.2) is 0 Å². The summed E-state index contributed by atoms with van der Waals surface area (Å²) in [5.74, 6) is 0. The van der Waals surface area contributed by atoms with Crippen LogP contribution < -0.4 is 0 Å². The van der Waals surface area contributed by atoms with Crippen LogP contribution in [-0.2, 0) is 25.7 Å². The van der Waals surface area contributed by atoms with E-state index in [2.05, 4.69) is 56.4 Å². The highest BCUT2D eigenvalue weighted by Crippen LogP contribution is 2.27. The van der Waals surface area contributed by atoms with Gasteiger partial charge in [-0.1, -0.05) is 33.8 Å². The molecule has 0 nitrogen and oxygen atoms in total. The van der Waals surface area contributed by atoms with Crippen molar-refractivity contribution in [1.29, 1.82) is 0 Å². The van der Waals surface area contributed by atoms with Gasteiger partial charge in [0, 0.05) is 3.57 Å². The fourth-order valence-corrected chi connectivity index (χ4v) is 3.70. The molecule has 0 fully saturated rings. The number of aryl methyl sites for hydroxylation is 2. The first kappa shape index (κ1) is 13.0. The largest absolute Gasteiger partial charge is 0.0613 e. The topological polar surface area (TPSA) is 0 Å². The van der Waals surface area contributed by atoms with Gasteiger partial charge in [-0.3, -0.25) is 0 Å². The molecule has 0 amide bonds. The molecule has 1 heteroatoms. The van der Waals surface area contributed by atoms with Crippen LogP contribution in [0, 0.1) is 3.57 Å². The first-order valence-corrected chi connectivity index (χ1v) is 7.09. The molecular formula is C14H21I. The lowest BCUT2D eigenvalue weighted by Crippen LogP contribution is -2.04. The van der Waals surface area contributed by atoms with Crippen molar-refractivity contribution in [2.24, 2.45) is 0 Å². The van der Waals surface area contributed by atoms with Gasteiger partial charge in [0.05, 0.1) is 0 Å². The number of hydrogen-bond acceptors (Lipinski definition) is 0. The van der Waals surface area contributed by atoms with E-state index in [4.69, 9.17) is 0 Å². The summed E-state index contributed by atoms with van der Waals surface area (Å²) in [5, 5.41) is 0. The van der Waals surface area contributed by atoms with Crippen LogP contribution in [0.25, 0.3) is 0 Å². The Hall–Kier alpha value is -0.0500. The average molecular weight is 316 g/mol. The second-order valence-corrected chi connectivity index (χ2v) is 4.96. The number of rotatable bonds is 4. The molecule has 0 radical (unpaired) electrons. The lowest BCUT2D eigenvalue weighted by molar-refractivity contribution is 0.959. The molecule has 0 spiro atoms. The third kappa shape index (κ3) is 2.55. The first-order valence-electron chi connectivity index (χ1n) is 6.01. The minimum Gasteiger partial charge on any atom is -0.0613 e. The molecule has 84 valence electrons. The minimum atomic E-state index is 1.16. The van der Waals surface area contributed by atoms with Gasteiger partial charge >= 0.3 is 0 Å². The fraction of sp³-hybridized carbons (Fsp3) is 0.571. The Morgan fingerprint density at radius 1 is 0.800 bits per heavy atom. The Morgan fingerprint density at radius 2 is 1.20 bits per heavy atom. The summed E-state index contributed by atoms with van der Waals surface area (Å²) >= 11 is 2.54. The van der Waals surface area contributed by atoms with Gasteiger partial charge in [-0.2, -0.15) is 0 Å². The molecule has 0 aromatic heterocycles. The van der Waals surface area contributed by atoms with E-state index in [0.29, 0.717) is 0 Å². The molecule has 1 aromatic rings. The van der Waals surface area contributed by atoms with Crippen molar-refractivity contribution in [2.45, 2.75) is 53.4 Å². The Balaban J connectivity index is 3.41. The van der Waals surface area contributed by atoms with Crippen molar-refractivity contribution in [2.75, 3.05) is 0 Å². The normalized spacial score (nSPS) is 10.7. The van der Waals surface area contributed by atoms with E-state index in [9.17, 15) is 0 Å². The molecule has 0 saturated carbocycles. The molecule has 1 rings (SSSR count). The minimum absolute atomic E-state index is 1.16. The van der Waals surface area contributed by atoms with E-state index in [1.54, 1.807) is 22.3 Å². The zero-order valence-electron chi connectivity index (χ0n) is 10.3. The second kappa shape index (κ2) is 5.88. The standard InChI is InChI=1S/C14H21I/c1-5-10-9-11(6-2)13(8-4)14(15)12(10)7-3/h9H,5-8H2,1-4H3. The van der Waals surface area contributed by atoms with Gasteiger partial charge in [0.15, 0.2) is 0 Å². The maximum Gasteiger partial charge on any atom is 0.0199 e. The molecule has 0 N–H and O–H groups in total. The number of halogens is 1. The van der Waals surface area contributed by atoms with E-state index in [0.717, 1.165) is 12.8 Å². The lowest BCUT2D eigenvalue weighted by Gasteiger charge is -2.16. The van der Waals surface area contributed by atoms with Crippen molar-refractivity contribution < 1.29 is 0 Å². The van der Waals surface area contributed by atoms with Gasteiger partial charge in [0.1, 0.15) is 0 Å². The number of hydrogen-bond donors (Lipinski definition) is 0. The van der Waals surface area contributed by atoms with Crippen LogP contribution in [0.5, 0.6) is 0 Å². The van der Waals surface area contributed by atoms with Crippen LogP contribution in [0.4, 0.5) is 0 Å². The Labute approximate surface area is 108 Å². The molecule has 0 aliphatic heterocycles. The summed E-state index contributed by atoms with van der Waals surface area (Å²) in [7, 11) is 0. The molecule has 0 atom stereocenters. The second-order valence-electron chi connectivity index (χ2n) is 3.88. The van der Waals surface area contributed by atoms with Gasteiger partial charge in [0.2, 0.25) is 0 Å². The Kier molecular flexibility index (Phi) is 5.10. The van der Waals surface area contributed by atoms with Crippen molar-refractivity contribution in [3.63, 3.8) is 0 Å². The summed E-state index contributed by atoms with van der Waals surface area (Å²) < 4.78 is 1.52. The SMILES string of the molecule is CCc1cc(CC)c(CC)c(I)c1CC. The molecule has 15 heavy (non-hydrogen) atoms. The number of benzene rings is 1. The van der Waals surface area contributed by atoms with Crippen LogP contribution in [0.1, 0.15) is 49.9 Å². The Morgan fingerprint density at radius 3 is 1.47 bits per heavy atom. The molecule has 0 aliphatic carbocycles. The third-order valence-corrected chi connectivity index (χ3v) is 4.42. The van der Waals surface area contributed by atoms with Gasteiger partial charge in [-0.25, -0.2) is 0 Å². The Bertz CT molecular complexity index is 309. The molecular weight excluding hydrogens is 295 g/mol. The van der Waals surface area contributed by atoms with Crippen molar-refractivity contribution in [3.8, 4) is 0 Å². The van der Waals surface area contributed by atoms with Gasteiger partial charge in [-0.15, -0.1) is 0 Å². The highest BCUT2D eigenvalue weighted by atomic mass is 127. The van der Waals surface area contributed by atoms with Crippen LogP contribution in [0.2, 0.25) is 0 Å². The van der Waals surface area contributed by atoms with E-state index in [1.165, 1.54) is 16.4 Å². The summed E-state index contributed by atoms with van der Waals surface area (Å²) in [4.78, 5) is 0. The van der Waals surface area contributed by atoms with Crippen molar-refractivity contribution in [1.82, 2.24) is 0 Å². The monoisotopic (exact) mass is 316 g/mol. The highest BCUT2D eigenvalue weighted by molar-refractivity contribution is 14.1. The fourth-order valence-electron chi connectivity index (χ4n) is 2.24. The molecule has 0 heterocycles. The van der Waals surface area contributed by atoms with Crippen LogP contribution in [0.3, 0.4) is 0 Å². The van der Waals surface area contributed by atoms with Gasteiger partial charge < -0.3 is 0 Å². The van der Waals surface area contributed by atoms with Crippen LogP contribution >= 0.6 is 22.6 Å². The van der Waals surface area contributed by atoms with Crippen LogP contribution in [0.15, 0.2) is 6.07 Å². The average Bonchev–Trinajstić information content (AvgIpc) is 2.27. The molecule has 0 saturated heterocycles. The summed E-state index contributed by atoms with van der Waals surface area (Å²) in [5.41, 5.74) is 6.26. The smallest absolute Gasteiger partial charge is 0.0199 e. The maximum absolute atomic E-state index is 2.54. The zero-order chi connectivity index (χ0) is 11.4. The van der Waals surface area contributed by atoms with Gasteiger partial charge in [0.25, 0.3) is 0 Å². The van der Waals surface area contributed by atoms with E-state index in [-0.39, 0.29) is 0 Å². The molecule has 0 unspecified atom stereocenters. The van der Waals surface area contributed by atoms with Crippen molar-refractivity contribution in [3.05, 3.63) is 31.9 Å². The van der Waals surface area contributed by atoms with Crippen molar-refractivity contribution >= 4 is 22.6 Å². The van der Waals surface area contributed by atoms with Gasteiger partial charge in [-0.05, 0) is 70.5 Å². The molecule has 0 aliphatic rings. The first-order chi connectivity index (χ1) is 7.19. The third-order valence-electron chi connectivity index (χ3n) is 3.12. The summed E-state index contributed by atoms with van der Waals surface area (Å²) in [6.07, 6.45) is 4.66.